The van der Waals surface area contributed by atoms with E-state index in [1.165, 1.54) is 5.57 Å². The number of carbonyl (C=O) groups excluding carboxylic acids is 1. The highest BCUT2D eigenvalue weighted by molar-refractivity contribution is 14.1. The summed E-state index contributed by atoms with van der Waals surface area (Å²) in [6.07, 6.45) is 3.18. The minimum absolute atomic E-state index is 0.0162. The first kappa shape index (κ1) is 13.5. The fraction of sp³-hybridized carbons (Fsp3) is 0.357. The van der Waals surface area contributed by atoms with Crippen LogP contribution in [0.4, 0.5) is 0 Å². The number of hydrogen-bond donors (Lipinski definition) is 2. The Morgan fingerprint density at radius 3 is 3.06 bits per heavy atom. The minimum atomic E-state index is 0.0162. The van der Waals surface area contributed by atoms with Gasteiger partial charge in [0.25, 0.3) is 5.91 Å². The van der Waals surface area contributed by atoms with Crippen LogP contribution in [0.3, 0.4) is 0 Å². The molecule has 1 aliphatic rings. The molecule has 0 saturated carbocycles. The van der Waals surface area contributed by atoms with Gasteiger partial charge in [0.05, 0.1) is 5.56 Å². The Hall–Kier alpha value is -0.880. The average Bonchev–Trinajstić information content (AvgIpc) is 2.40. The lowest BCUT2D eigenvalue weighted by Gasteiger charge is -2.15. The van der Waals surface area contributed by atoms with E-state index < -0.39 is 0 Å². The van der Waals surface area contributed by atoms with Crippen LogP contribution >= 0.6 is 22.6 Å². The third-order valence-corrected chi connectivity index (χ3v) is 4.50. The van der Waals surface area contributed by atoms with Gasteiger partial charge in [-0.1, -0.05) is 23.8 Å². The van der Waals surface area contributed by atoms with Crippen molar-refractivity contribution in [2.45, 2.75) is 13.3 Å². The predicted octanol–water partition coefficient (Wildman–Crippen LogP) is 2.25. The number of nitrogens with one attached hydrogen (secondary N) is 2. The van der Waals surface area contributed by atoms with Crippen LogP contribution in [0.5, 0.6) is 0 Å². The van der Waals surface area contributed by atoms with E-state index in [1.54, 1.807) is 0 Å². The second kappa shape index (κ2) is 6.33. The summed E-state index contributed by atoms with van der Waals surface area (Å²) in [5, 5.41) is 6.26. The molecule has 96 valence electrons. The van der Waals surface area contributed by atoms with Crippen molar-refractivity contribution >= 4 is 28.5 Å². The zero-order valence-corrected chi connectivity index (χ0v) is 12.6. The summed E-state index contributed by atoms with van der Waals surface area (Å²) in [7, 11) is 0. The third kappa shape index (κ3) is 3.32. The van der Waals surface area contributed by atoms with E-state index in [1.807, 2.05) is 25.1 Å². The summed E-state index contributed by atoms with van der Waals surface area (Å²) in [4.78, 5) is 12.1. The number of hydrogen-bond acceptors (Lipinski definition) is 2. The van der Waals surface area contributed by atoms with Crippen LogP contribution in [-0.4, -0.2) is 25.5 Å². The molecule has 18 heavy (non-hydrogen) atoms. The van der Waals surface area contributed by atoms with E-state index in [0.29, 0.717) is 6.54 Å². The standard InChI is InChI=1S/C14H17IN2O/c1-10-3-2-4-12(13(10)15)14(18)17-9-11-5-7-16-8-6-11/h2-5,16H,6-9H2,1H3,(H,17,18). The fourth-order valence-electron chi connectivity index (χ4n) is 1.94. The zero-order chi connectivity index (χ0) is 13.0. The molecule has 4 heteroatoms. The first-order valence-corrected chi connectivity index (χ1v) is 7.18. The van der Waals surface area contributed by atoms with Crippen LogP contribution in [-0.2, 0) is 0 Å². The van der Waals surface area contributed by atoms with Crippen molar-refractivity contribution in [3.63, 3.8) is 0 Å². The molecule has 2 rings (SSSR count). The quantitative estimate of drug-likeness (QED) is 0.644. The number of halogens is 1. The number of amides is 1. The van der Waals surface area contributed by atoms with E-state index in [9.17, 15) is 4.79 Å². The van der Waals surface area contributed by atoms with Gasteiger partial charge in [-0.05, 0) is 54.1 Å². The van der Waals surface area contributed by atoms with Crippen LogP contribution in [0, 0.1) is 10.5 Å². The van der Waals surface area contributed by atoms with Crippen molar-refractivity contribution in [2.24, 2.45) is 0 Å². The van der Waals surface area contributed by atoms with E-state index in [4.69, 9.17) is 0 Å². The maximum atomic E-state index is 12.1. The highest BCUT2D eigenvalue weighted by Gasteiger charge is 2.11. The average molecular weight is 356 g/mol. The smallest absolute Gasteiger partial charge is 0.252 e. The van der Waals surface area contributed by atoms with Gasteiger partial charge in [0.15, 0.2) is 0 Å². The van der Waals surface area contributed by atoms with Gasteiger partial charge in [-0.25, -0.2) is 0 Å². The van der Waals surface area contributed by atoms with Gasteiger partial charge >= 0.3 is 0 Å². The number of rotatable bonds is 3. The Bertz CT molecular complexity index is 483. The zero-order valence-electron chi connectivity index (χ0n) is 10.4. The maximum absolute atomic E-state index is 12.1. The molecular formula is C14H17IN2O. The SMILES string of the molecule is Cc1cccc(C(=O)NCC2=CCNCC2)c1I. The lowest BCUT2D eigenvalue weighted by atomic mass is 10.1. The summed E-state index contributed by atoms with van der Waals surface area (Å²) >= 11 is 2.23. The summed E-state index contributed by atoms with van der Waals surface area (Å²) in [5.74, 6) is 0.0162. The predicted molar refractivity (Wildman–Crippen MR) is 81.8 cm³/mol. The van der Waals surface area contributed by atoms with E-state index in [-0.39, 0.29) is 5.91 Å². The minimum Gasteiger partial charge on any atom is -0.348 e. The molecule has 0 aliphatic carbocycles. The second-order valence-electron chi connectivity index (χ2n) is 4.44. The molecule has 0 saturated heterocycles. The largest absolute Gasteiger partial charge is 0.348 e. The monoisotopic (exact) mass is 356 g/mol. The second-order valence-corrected chi connectivity index (χ2v) is 5.51. The Morgan fingerprint density at radius 2 is 2.33 bits per heavy atom. The molecule has 1 aliphatic heterocycles. The van der Waals surface area contributed by atoms with Gasteiger partial charge in [0, 0.05) is 16.7 Å². The highest BCUT2D eigenvalue weighted by atomic mass is 127. The lowest BCUT2D eigenvalue weighted by molar-refractivity contribution is 0.0955. The topological polar surface area (TPSA) is 41.1 Å². The third-order valence-electron chi connectivity index (χ3n) is 3.07. The van der Waals surface area contributed by atoms with Crippen molar-refractivity contribution in [3.8, 4) is 0 Å². The molecule has 2 N–H and O–H groups in total. The van der Waals surface area contributed by atoms with E-state index in [0.717, 1.165) is 34.2 Å². The van der Waals surface area contributed by atoms with E-state index >= 15 is 0 Å². The van der Waals surface area contributed by atoms with Crippen molar-refractivity contribution in [1.82, 2.24) is 10.6 Å². The van der Waals surface area contributed by atoms with E-state index in [2.05, 4.69) is 39.3 Å². The summed E-state index contributed by atoms with van der Waals surface area (Å²) < 4.78 is 1.03. The molecule has 0 radical (unpaired) electrons. The van der Waals surface area contributed by atoms with Gasteiger partial charge in [-0.15, -0.1) is 0 Å². The van der Waals surface area contributed by atoms with Crippen LogP contribution in [0.2, 0.25) is 0 Å². The number of aryl methyl sites for hydroxylation is 1. The van der Waals surface area contributed by atoms with Crippen LogP contribution in [0.15, 0.2) is 29.8 Å². The summed E-state index contributed by atoms with van der Waals surface area (Å²) in [5.41, 5.74) is 3.22. The number of benzene rings is 1. The molecule has 1 heterocycles. The Labute approximate surface area is 121 Å². The van der Waals surface area contributed by atoms with Crippen LogP contribution < -0.4 is 10.6 Å². The van der Waals surface area contributed by atoms with Crippen LogP contribution in [0.1, 0.15) is 22.3 Å². The lowest BCUT2D eigenvalue weighted by Crippen LogP contribution is -2.30. The molecular weight excluding hydrogens is 339 g/mol. The first-order valence-electron chi connectivity index (χ1n) is 6.10. The van der Waals surface area contributed by atoms with Crippen molar-refractivity contribution in [1.29, 1.82) is 0 Å². The Balaban J connectivity index is 1.99. The molecule has 0 aromatic heterocycles. The van der Waals surface area contributed by atoms with Crippen molar-refractivity contribution < 1.29 is 4.79 Å². The summed E-state index contributed by atoms with van der Waals surface area (Å²) in [6.45, 7) is 4.59. The maximum Gasteiger partial charge on any atom is 0.252 e. The van der Waals surface area contributed by atoms with Crippen molar-refractivity contribution in [2.75, 3.05) is 19.6 Å². The normalized spacial score (nSPS) is 15.1. The number of carbonyl (C=O) groups is 1. The molecule has 1 aromatic carbocycles. The van der Waals surface area contributed by atoms with Crippen molar-refractivity contribution in [3.05, 3.63) is 44.5 Å². The highest BCUT2D eigenvalue weighted by Crippen LogP contribution is 2.16. The molecule has 0 bridgehead atoms. The molecule has 0 atom stereocenters. The first-order chi connectivity index (χ1) is 8.68. The Morgan fingerprint density at radius 1 is 1.50 bits per heavy atom. The fourth-order valence-corrected chi connectivity index (χ4v) is 2.55. The van der Waals surface area contributed by atoms with Gasteiger partial charge in [-0.3, -0.25) is 4.79 Å². The molecule has 0 unspecified atom stereocenters. The van der Waals surface area contributed by atoms with Gasteiger partial charge in [-0.2, -0.15) is 0 Å². The Kier molecular flexibility index (Phi) is 4.77. The molecule has 1 amide bonds. The van der Waals surface area contributed by atoms with Gasteiger partial charge in [0.2, 0.25) is 0 Å². The van der Waals surface area contributed by atoms with Gasteiger partial charge in [0.1, 0.15) is 0 Å². The van der Waals surface area contributed by atoms with Gasteiger partial charge < -0.3 is 10.6 Å². The van der Waals surface area contributed by atoms with Crippen LogP contribution in [0.25, 0.3) is 0 Å². The molecule has 0 spiro atoms. The molecule has 3 nitrogen and oxygen atoms in total. The summed E-state index contributed by atoms with van der Waals surface area (Å²) in [6, 6.07) is 5.82. The molecule has 0 fully saturated rings. The molecule has 1 aromatic rings.